The van der Waals surface area contributed by atoms with Gasteiger partial charge in [-0.1, -0.05) is 12.1 Å². The Labute approximate surface area is 99.1 Å². The van der Waals surface area contributed by atoms with Gasteiger partial charge in [0.15, 0.2) is 5.75 Å². The summed E-state index contributed by atoms with van der Waals surface area (Å²) in [6, 6.07) is 9.06. The van der Waals surface area contributed by atoms with Crippen LogP contribution in [-0.4, -0.2) is 10.9 Å². The molecule has 2 N–H and O–H groups in total. The number of hydrogen-bond acceptors (Lipinski definition) is 3. The summed E-state index contributed by atoms with van der Waals surface area (Å²) in [6.07, 6.45) is 2.98. The average Bonchev–Trinajstić information content (AvgIpc) is 2.29. The summed E-state index contributed by atoms with van der Waals surface area (Å²) in [4.78, 5) is 15.1. The summed E-state index contributed by atoms with van der Waals surface area (Å²) in [5, 5.41) is 0. The number of aromatic nitrogens is 1. The normalized spacial score (nSPS) is 9.94. The Morgan fingerprint density at radius 1 is 1.35 bits per heavy atom. The first kappa shape index (κ1) is 11.1. The van der Waals surface area contributed by atoms with Crippen molar-refractivity contribution in [1.29, 1.82) is 0 Å². The number of nitrogens with zero attached hydrogens (tertiary/aromatic N) is 1. The van der Waals surface area contributed by atoms with Crippen LogP contribution in [0.2, 0.25) is 0 Å². The number of carbonyl (C=O) groups excluding carboxylic acids is 1. The molecule has 0 spiro atoms. The molecular weight excluding hydrogens is 216 g/mol. The zero-order chi connectivity index (χ0) is 12.3. The Balaban J connectivity index is 2.33. The van der Waals surface area contributed by atoms with Crippen molar-refractivity contribution in [2.75, 3.05) is 0 Å². The van der Waals surface area contributed by atoms with Crippen molar-refractivity contribution in [1.82, 2.24) is 4.98 Å². The van der Waals surface area contributed by atoms with Crippen molar-refractivity contribution in [2.24, 2.45) is 5.73 Å². The topological polar surface area (TPSA) is 65.2 Å². The molecule has 1 heterocycles. The fraction of sp³-hybridized carbons (Fsp3) is 0.0769. The summed E-state index contributed by atoms with van der Waals surface area (Å²) < 4.78 is 5.59. The second-order valence-corrected chi connectivity index (χ2v) is 3.65. The van der Waals surface area contributed by atoms with Crippen LogP contribution in [0, 0.1) is 6.92 Å². The summed E-state index contributed by atoms with van der Waals surface area (Å²) in [6.45, 7) is 1.96. The highest BCUT2D eigenvalue weighted by Crippen LogP contribution is 2.24. The molecule has 4 nitrogen and oxygen atoms in total. The first-order valence-corrected chi connectivity index (χ1v) is 5.15. The van der Waals surface area contributed by atoms with Gasteiger partial charge in [-0.05, 0) is 30.7 Å². The smallest absolute Gasteiger partial charge is 0.252 e. The van der Waals surface area contributed by atoms with Crippen LogP contribution in [0.25, 0.3) is 0 Å². The molecule has 2 rings (SSSR count). The zero-order valence-electron chi connectivity index (χ0n) is 9.38. The second kappa shape index (κ2) is 4.65. The van der Waals surface area contributed by atoms with Gasteiger partial charge < -0.3 is 10.5 Å². The van der Waals surface area contributed by atoms with Crippen LogP contribution in [0.5, 0.6) is 11.5 Å². The molecule has 0 aliphatic carbocycles. The molecule has 0 atom stereocenters. The number of amides is 1. The van der Waals surface area contributed by atoms with Crippen molar-refractivity contribution in [3.05, 3.63) is 53.9 Å². The van der Waals surface area contributed by atoms with E-state index in [4.69, 9.17) is 10.5 Å². The van der Waals surface area contributed by atoms with Gasteiger partial charge in [-0.2, -0.15) is 0 Å². The molecule has 2 aromatic rings. The first-order valence-electron chi connectivity index (χ1n) is 5.15. The lowest BCUT2D eigenvalue weighted by Gasteiger charge is -2.08. The largest absolute Gasteiger partial charge is 0.455 e. The Bertz CT molecular complexity index is 553. The van der Waals surface area contributed by atoms with E-state index >= 15 is 0 Å². The second-order valence-electron chi connectivity index (χ2n) is 3.65. The summed E-state index contributed by atoms with van der Waals surface area (Å²) in [5.41, 5.74) is 6.65. The van der Waals surface area contributed by atoms with E-state index in [9.17, 15) is 4.79 Å². The van der Waals surface area contributed by atoms with Crippen molar-refractivity contribution in [3.63, 3.8) is 0 Å². The van der Waals surface area contributed by atoms with Gasteiger partial charge in [0.1, 0.15) is 5.75 Å². The monoisotopic (exact) mass is 228 g/mol. The summed E-state index contributed by atoms with van der Waals surface area (Å²) >= 11 is 0. The standard InChI is InChI=1S/C13H12N2O2/c1-9-3-2-4-10(7-9)17-12-8-15-6-5-11(12)13(14)16/h2-8H,1H3,(H2,14,16). The molecule has 4 heteroatoms. The van der Waals surface area contributed by atoms with Gasteiger partial charge in [-0.15, -0.1) is 0 Å². The molecule has 0 saturated carbocycles. The fourth-order valence-corrected chi connectivity index (χ4v) is 1.47. The van der Waals surface area contributed by atoms with E-state index in [2.05, 4.69) is 4.98 Å². The number of rotatable bonds is 3. The van der Waals surface area contributed by atoms with Crippen LogP contribution < -0.4 is 10.5 Å². The van der Waals surface area contributed by atoms with Crippen molar-refractivity contribution in [3.8, 4) is 11.5 Å². The van der Waals surface area contributed by atoms with Crippen LogP contribution in [0.3, 0.4) is 0 Å². The Morgan fingerprint density at radius 2 is 2.18 bits per heavy atom. The number of benzene rings is 1. The maximum atomic E-state index is 11.2. The van der Waals surface area contributed by atoms with Gasteiger partial charge in [-0.3, -0.25) is 9.78 Å². The minimum atomic E-state index is -0.532. The number of pyridine rings is 1. The summed E-state index contributed by atoms with van der Waals surface area (Å²) in [5.74, 6) is 0.487. The van der Waals surface area contributed by atoms with Gasteiger partial charge in [-0.25, -0.2) is 0 Å². The van der Waals surface area contributed by atoms with Gasteiger partial charge in [0.05, 0.1) is 11.8 Å². The minimum Gasteiger partial charge on any atom is -0.455 e. The molecule has 0 radical (unpaired) electrons. The minimum absolute atomic E-state index is 0.321. The van der Waals surface area contributed by atoms with E-state index < -0.39 is 5.91 Å². The van der Waals surface area contributed by atoms with E-state index in [0.29, 0.717) is 17.1 Å². The fourth-order valence-electron chi connectivity index (χ4n) is 1.47. The van der Waals surface area contributed by atoms with Gasteiger partial charge in [0.25, 0.3) is 5.91 Å². The third-order valence-electron chi connectivity index (χ3n) is 2.27. The lowest BCUT2D eigenvalue weighted by molar-refractivity contribution is 0.0998. The molecule has 1 aromatic carbocycles. The molecule has 0 saturated heterocycles. The Hall–Kier alpha value is -2.36. The lowest BCUT2D eigenvalue weighted by atomic mass is 10.2. The zero-order valence-corrected chi connectivity index (χ0v) is 9.38. The number of primary amides is 1. The van der Waals surface area contributed by atoms with Crippen LogP contribution >= 0.6 is 0 Å². The summed E-state index contributed by atoms with van der Waals surface area (Å²) in [7, 11) is 0. The van der Waals surface area contributed by atoms with Crippen molar-refractivity contribution >= 4 is 5.91 Å². The van der Waals surface area contributed by atoms with Gasteiger partial charge >= 0.3 is 0 Å². The molecule has 86 valence electrons. The molecule has 1 amide bonds. The highest BCUT2D eigenvalue weighted by Gasteiger charge is 2.09. The van der Waals surface area contributed by atoms with E-state index in [-0.39, 0.29) is 0 Å². The number of hydrogen-bond donors (Lipinski definition) is 1. The number of aryl methyl sites for hydroxylation is 1. The maximum Gasteiger partial charge on any atom is 0.252 e. The van der Waals surface area contributed by atoms with Gasteiger partial charge in [0, 0.05) is 6.20 Å². The molecule has 0 aliphatic rings. The first-order chi connectivity index (χ1) is 8.16. The molecule has 0 fully saturated rings. The van der Waals surface area contributed by atoms with Crippen molar-refractivity contribution < 1.29 is 9.53 Å². The molecular formula is C13H12N2O2. The SMILES string of the molecule is Cc1cccc(Oc2cnccc2C(N)=O)c1. The van der Waals surface area contributed by atoms with Crippen LogP contribution in [0.4, 0.5) is 0 Å². The number of ether oxygens (including phenoxy) is 1. The van der Waals surface area contributed by atoms with E-state index in [1.807, 2.05) is 31.2 Å². The Morgan fingerprint density at radius 3 is 2.88 bits per heavy atom. The average molecular weight is 228 g/mol. The van der Waals surface area contributed by atoms with Crippen LogP contribution in [0.1, 0.15) is 15.9 Å². The van der Waals surface area contributed by atoms with Gasteiger partial charge in [0.2, 0.25) is 0 Å². The van der Waals surface area contributed by atoms with E-state index in [1.165, 1.54) is 18.5 Å². The highest BCUT2D eigenvalue weighted by atomic mass is 16.5. The molecule has 17 heavy (non-hydrogen) atoms. The Kier molecular flexibility index (Phi) is 3.05. The maximum absolute atomic E-state index is 11.2. The number of carbonyl (C=O) groups is 1. The van der Waals surface area contributed by atoms with E-state index in [1.54, 1.807) is 0 Å². The van der Waals surface area contributed by atoms with E-state index in [0.717, 1.165) is 5.56 Å². The van der Waals surface area contributed by atoms with Crippen LogP contribution in [-0.2, 0) is 0 Å². The predicted molar refractivity (Wildman–Crippen MR) is 64.0 cm³/mol. The van der Waals surface area contributed by atoms with Crippen LogP contribution in [0.15, 0.2) is 42.7 Å². The number of nitrogens with two attached hydrogens (primary N) is 1. The molecule has 1 aromatic heterocycles. The third kappa shape index (κ3) is 2.60. The lowest BCUT2D eigenvalue weighted by Crippen LogP contribution is -2.12. The molecule has 0 unspecified atom stereocenters. The molecule has 0 aliphatic heterocycles. The third-order valence-corrected chi connectivity index (χ3v) is 2.27. The van der Waals surface area contributed by atoms with Crippen molar-refractivity contribution in [2.45, 2.75) is 6.92 Å². The predicted octanol–water partition coefficient (Wildman–Crippen LogP) is 2.28. The molecule has 0 bridgehead atoms. The highest BCUT2D eigenvalue weighted by molar-refractivity contribution is 5.95. The quantitative estimate of drug-likeness (QED) is 0.876.